The first-order chi connectivity index (χ1) is 11.5. The standard InChI is InChI=1S/C16H10ClF2N3OS/c1-8-14(12-7-9(17)5-6-20-12)24-16(21-8)22-15(23)10-3-2-4-11(18)13(10)19/h2-7H,1H3,(H,21,22,23). The lowest BCUT2D eigenvalue weighted by molar-refractivity contribution is 0.102. The van der Waals surface area contributed by atoms with Crippen molar-refractivity contribution in [2.24, 2.45) is 0 Å². The molecule has 2 aromatic heterocycles. The van der Waals surface area contributed by atoms with Gasteiger partial charge in [0.15, 0.2) is 16.8 Å². The van der Waals surface area contributed by atoms with Crippen LogP contribution in [0.2, 0.25) is 5.02 Å². The Morgan fingerprint density at radius 2 is 2.08 bits per heavy atom. The van der Waals surface area contributed by atoms with Crippen molar-refractivity contribution in [3.63, 3.8) is 0 Å². The first-order valence-corrected chi connectivity index (χ1v) is 8.00. The van der Waals surface area contributed by atoms with Gasteiger partial charge in [0.2, 0.25) is 0 Å². The Balaban J connectivity index is 1.88. The van der Waals surface area contributed by atoms with Crippen molar-refractivity contribution in [2.75, 3.05) is 5.32 Å². The van der Waals surface area contributed by atoms with Gasteiger partial charge < -0.3 is 0 Å². The summed E-state index contributed by atoms with van der Waals surface area (Å²) in [5.41, 5.74) is 0.880. The van der Waals surface area contributed by atoms with E-state index in [1.54, 1.807) is 25.3 Å². The largest absolute Gasteiger partial charge is 0.298 e. The molecule has 8 heteroatoms. The number of rotatable bonds is 3. The number of nitrogens with zero attached hydrogens (tertiary/aromatic N) is 2. The fourth-order valence-corrected chi connectivity index (χ4v) is 3.15. The zero-order valence-electron chi connectivity index (χ0n) is 12.3. The maximum atomic E-state index is 13.7. The Kier molecular flexibility index (Phi) is 4.55. The van der Waals surface area contributed by atoms with E-state index >= 15 is 0 Å². The summed E-state index contributed by atoms with van der Waals surface area (Å²) in [6, 6.07) is 6.74. The molecule has 0 saturated carbocycles. The van der Waals surface area contributed by atoms with Crippen LogP contribution in [0.5, 0.6) is 0 Å². The van der Waals surface area contributed by atoms with E-state index in [-0.39, 0.29) is 10.7 Å². The fraction of sp³-hybridized carbons (Fsp3) is 0.0625. The molecule has 24 heavy (non-hydrogen) atoms. The lowest BCUT2D eigenvalue weighted by Crippen LogP contribution is -2.14. The molecule has 2 heterocycles. The number of pyridine rings is 1. The van der Waals surface area contributed by atoms with E-state index in [0.29, 0.717) is 16.4 Å². The molecule has 0 bridgehead atoms. The van der Waals surface area contributed by atoms with Gasteiger partial charge in [0.05, 0.1) is 21.8 Å². The zero-order chi connectivity index (χ0) is 17.3. The third-order valence-corrected chi connectivity index (χ3v) is 4.50. The van der Waals surface area contributed by atoms with E-state index < -0.39 is 17.5 Å². The number of benzene rings is 1. The predicted molar refractivity (Wildman–Crippen MR) is 89.4 cm³/mol. The third kappa shape index (κ3) is 3.27. The van der Waals surface area contributed by atoms with Gasteiger partial charge in [0.25, 0.3) is 5.91 Å². The SMILES string of the molecule is Cc1nc(NC(=O)c2cccc(F)c2F)sc1-c1cc(Cl)ccn1. The first kappa shape index (κ1) is 16.5. The van der Waals surface area contributed by atoms with Crippen molar-refractivity contribution < 1.29 is 13.6 Å². The van der Waals surface area contributed by atoms with Gasteiger partial charge in [-0.2, -0.15) is 0 Å². The number of aromatic nitrogens is 2. The van der Waals surface area contributed by atoms with Gasteiger partial charge in [-0.05, 0) is 31.2 Å². The highest BCUT2D eigenvalue weighted by molar-refractivity contribution is 7.19. The lowest BCUT2D eigenvalue weighted by atomic mass is 10.2. The molecule has 3 rings (SSSR count). The van der Waals surface area contributed by atoms with Gasteiger partial charge in [-0.25, -0.2) is 13.8 Å². The highest BCUT2D eigenvalue weighted by Gasteiger charge is 2.18. The van der Waals surface area contributed by atoms with Crippen molar-refractivity contribution in [3.8, 4) is 10.6 Å². The second kappa shape index (κ2) is 6.62. The Bertz CT molecular complexity index is 929. The van der Waals surface area contributed by atoms with E-state index in [0.717, 1.165) is 10.9 Å². The van der Waals surface area contributed by atoms with E-state index in [1.807, 2.05) is 0 Å². The highest BCUT2D eigenvalue weighted by atomic mass is 35.5. The number of halogens is 3. The minimum atomic E-state index is -1.19. The molecular formula is C16H10ClF2N3OS. The van der Waals surface area contributed by atoms with Crippen LogP contribution in [-0.2, 0) is 0 Å². The topological polar surface area (TPSA) is 54.9 Å². The smallest absolute Gasteiger partial charge is 0.260 e. The number of nitrogens with one attached hydrogen (secondary N) is 1. The maximum absolute atomic E-state index is 13.7. The van der Waals surface area contributed by atoms with Crippen LogP contribution in [0, 0.1) is 18.6 Å². The van der Waals surface area contributed by atoms with Crippen molar-refractivity contribution in [1.29, 1.82) is 0 Å². The maximum Gasteiger partial charge on any atom is 0.260 e. The number of carbonyl (C=O) groups is 1. The Morgan fingerprint density at radius 3 is 2.83 bits per heavy atom. The second-order valence-corrected chi connectivity index (χ2v) is 6.28. The lowest BCUT2D eigenvalue weighted by Gasteiger charge is -2.03. The third-order valence-electron chi connectivity index (χ3n) is 3.17. The first-order valence-electron chi connectivity index (χ1n) is 6.80. The number of hydrogen-bond donors (Lipinski definition) is 1. The Hall–Kier alpha value is -2.38. The van der Waals surface area contributed by atoms with Crippen molar-refractivity contribution in [1.82, 2.24) is 9.97 Å². The summed E-state index contributed by atoms with van der Waals surface area (Å²) in [5, 5.41) is 3.26. The number of amides is 1. The van der Waals surface area contributed by atoms with Crippen molar-refractivity contribution in [2.45, 2.75) is 6.92 Å². The summed E-state index contributed by atoms with van der Waals surface area (Å²) in [6.07, 6.45) is 1.57. The Labute approximate surface area is 145 Å². The molecule has 122 valence electrons. The monoisotopic (exact) mass is 365 g/mol. The zero-order valence-corrected chi connectivity index (χ0v) is 13.9. The average molecular weight is 366 g/mol. The molecule has 0 radical (unpaired) electrons. The number of carbonyl (C=O) groups excluding carboxylic acids is 1. The predicted octanol–water partition coefficient (Wildman–Crippen LogP) is 4.70. The molecule has 1 aromatic carbocycles. The summed E-state index contributed by atoms with van der Waals surface area (Å²) in [6.45, 7) is 1.76. The molecule has 0 aliphatic rings. The minimum absolute atomic E-state index is 0.262. The van der Waals surface area contributed by atoms with E-state index in [1.165, 1.54) is 23.5 Å². The van der Waals surface area contributed by atoms with Crippen LogP contribution in [0.15, 0.2) is 36.5 Å². The van der Waals surface area contributed by atoms with Crippen LogP contribution in [-0.4, -0.2) is 15.9 Å². The van der Waals surface area contributed by atoms with Crippen LogP contribution in [0.3, 0.4) is 0 Å². The normalized spacial score (nSPS) is 10.7. The van der Waals surface area contributed by atoms with Crippen LogP contribution < -0.4 is 5.32 Å². The molecule has 3 aromatic rings. The number of thiazole rings is 1. The summed E-state index contributed by atoms with van der Waals surface area (Å²) in [4.78, 5) is 21.3. The number of aryl methyl sites for hydroxylation is 1. The van der Waals surface area contributed by atoms with Gasteiger partial charge in [-0.15, -0.1) is 0 Å². The van der Waals surface area contributed by atoms with Gasteiger partial charge in [0, 0.05) is 11.2 Å². The van der Waals surface area contributed by atoms with Crippen molar-refractivity contribution in [3.05, 3.63) is 64.4 Å². The minimum Gasteiger partial charge on any atom is -0.298 e. The highest BCUT2D eigenvalue weighted by Crippen LogP contribution is 2.32. The molecule has 1 N–H and O–H groups in total. The second-order valence-electron chi connectivity index (χ2n) is 4.85. The van der Waals surface area contributed by atoms with E-state index in [9.17, 15) is 13.6 Å². The van der Waals surface area contributed by atoms with E-state index in [2.05, 4.69) is 15.3 Å². The summed E-state index contributed by atoms with van der Waals surface area (Å²) in [7, 11) is 0. The molecule has 0 spiro atoms. The molecule has 0 saturated heterocycles. The fourth-order valence-electron chi connectivity index (χ4n) is 2.06. The molecule has 4 nitrogen and oxygen atoms in total. The van der Waals surface area contributed by atoms with Gasteiger partial charge >= 0.3 is 0 Å². The Morgan fingerprint density at radius 1 is 1.29 bits per heavy atom. The summed E-state index contributed by atoms with van der Waals surface area (Å²) < 4.78 is 26.9. The van der Waals surface area contributed by atoms with Crippen molar-refractivity contribution >= 4 is 34.0 Å². The molecule has 0 aliphatic carbocycles. The molecule has 0 fully saturated rings. The van der Waals surface area contributed by atoms with Gasteiger partial charge in [0.1, 0.15) is 0 Å². The van der Waals surface area contributed by atoms with Crippen LogP contribution in [0.1, 0.15) is 16.1 Å². The number of anilines is 1. The quantitative estimate of drug-likeness (QED) is 0.732. The summed E-state index contributed by atoms with van der Waals surface area (Å²) in [5.74, 6) is -3.05. The molecule has 0 unspecified atom stereocenters. The van der Waals surface area contributed by atoms with Gasteiger partial charge in [-0.1, -0.05) is 29.0 Å². The molecule has 0 aliphatic heterocycles. The van der Waals surface area contributed by atoms with E-state index in [4.69, 9.17) is 11.6 Å². The van der Waals surface area contributed by atoms with Crippen LogP contribution in [0.25, 0.3) is 10.6 Å². The number of hydrogen-bond acceptors (Lipinski definition) is 4. The van der Waals surface area contributed by atoms with Crippen LogP contribution >= 0.6 is 22.9 Å². The van der Waals surface area contributed by atoms with Gasteiger partial charge in [-0.3, -0.25) is 15.1 Å². The summed E-state index contributed by atoms with van der Waals surface area (Å²) >= 11 is 7.12. The molecule has 1 amide bonds. The molecule has 0 atom stereocenters. The molecular weight excluding hydrogens is 356 g/mol. The van der Waals surface area contributed by atoms with Crippen LogP contribution in [0.4, 0.5) is 13.9 Å². The average Bonchev–Trinajstić information content (AvgIpc) is 2.90.